The van der Waals surface area contributed by atoms with Crippen molar-refractivity contribution in [2.45, 2.75) is 39.4 Å². The lowest BCUT2D eigenvalue weighted by Crippen LogP contribution is -2.38. The van der Waals surface area contributed by atoms with Crippen molar-refractivity contribution in [3.8, 4) is 0 Å². The van der Waals surface area contributed by atoms with Gasteiger partial charge in [-0.3, -0.25) is 0 Å². The molecule has 16 heavy (non-hydrogen) atoms. The summed E-state index contributed by atoms with van der Waals surface area (Å²) < 4.78 is 5.20. The molecule has 0 aromatic rings. The molecule has 0 aliphatic heterocycles. The Morgan fingerprint density at radius 3 is 2.38 bits per heavy atom. The average Bonchev–Trinajstić information content (AvgIpc) is 2.10. The Hall–Kier alpha value is -1.03. The number of aliphatic hydroxyl groups is 1. The third-order valence-electron chi connectivity index (χ3n) is 2.11. The molecule has 1 N–H and O–H groups in total. The normalized spacial score (nSPS) is 15.1. The maximum Gasteiger partial charge on any atom is 0.410 e. The third kappa shape index (κ3) is 5.75. The van der Waals surface area contributed by atoms with Gasteiger partial charge in [0.2, 0.25) is 0 Å². The third-order valence-corrected chi connectivity index (χ3v) is 2.11. The number of carbonyl (C=O) groups is 1. The van der Waals surface area contributed by atoms with Crippen molar-refractivity contribution >= 4 is 6.09 Å². The van der Waals surface area contributed by atoms with Crippen LogP contribution in [0.1, 0.15) is 27.7 Å². The van der Waals surface area contributed by atoms with E-state index in [1.54, 1.807) is 20.0 Å². The van der Waals surface area contributed by atoms with Crippen LogP contribution in [0.15, 0.2) is 12.7 Å². The van der Waals surface area contributed by atoms with Crippen LogP contribution in [-0.2, 0) is 4.74 Å². The molecule has 0 spiro atoms. The summed E-state index contributed by atoms with van der Waals surface area (Å²) in [5.41, 5.74) is -0.500. The first-order valence-electron chi connectivity index (χ1n) is 5.42. The predicted molar refractivity (Wildman–Crippen MR) is 64.2 cm³/mol. The standard InChI is InChI=1S/C12H23NO3/c1-7-10(9(2)14)8-13(6)11(15)16-12(3,4)5/h7,9-10,14H,1,8H2,2-6H3/t9-,10+/m0/s1. The molecule has 0 aliphatic rings. The molecular formula is C12H23NO3. The van der Waals surface area contributed by atoms with Crippen LogP contribution in [0.2, 0.25) is 0 Å². The zero-order valence-electron chi connectivity index (χ0n) is 10.9. The maximum absolute atomic E-state index is 11.6. The van der Waals surface area contributed by atoms with Gasteiger partial charge in [-0.2, -0.15) is 0 Å². The lowest BCUT2D eigenvalue weighted by atomic mass is 10.0. The zero-order valence-corrected chi connectivity index (χ0v) is 10.9. The minimum atomic E-state index is -0.526. The molecule has 0 aliphatic carbocycles. The van der Waals surface area contributed by atoms with Gasteiger partial charge in [0.25, 0.3) is 0 Å². The van der Waals surface area contributed by atoms with E-state index < -0.39 is 11.7 Å². The summed E-state index contributed by atoms with van der Waals surface area (Å²) in [6.45, 7) is 11.2. The van der Waals surface area contributed by atoms with Gasteiger partial charge in [-0.15, -0.1) is 6.58 Å². The molecule has 0 unspecified atom stereocenters. The molecule has 0 bridgehead atoms. The van der Waals surface area contributed by atoms with Gasteiger partial charge in [-0.25, -0.2) is 4.79 Å². The second-order valence-corrected chi connectivity index (χ2v) is 5.00. The van der Waals surface area contributed by atoms with Gasteiger partial charge in [-0.05, 0) is 27.7 Å². The zero-order chi connectivity index (χ0) is 12.9. The molecule has 0 heterocycles. The Kier molecular flexibility index (Phi) is 5.51. The highest BCUT2D eigenvalue weighted by molar-refractivity contribution is 5.67. The number of ether oxygens (including phenoxy) is 1. The van der Waals surface area contributed by atoms with Crippen molar-refractivity contribution in [2.24, 2.45) is 5.92 Å². The minimum Gasteiger partial charge on any atom is -0.444 e. The number of hydrogen-bond acceptors (Lipinski definition) is 3. The summed E-state index contributed by atoms with van der Waals surface area (Å²) >= 11 is 0. The molecule has 0 rings (SSSR count). The molecule has 2 atom stereocenters. The van der Waals surface area contributed by atoms with Crippen LogP contribution in [0, 0.1) is 5.92 Å². The molecule has 0 aromatic heterocycles. The van der Waals surface area contributed by atoms with Gasteiger partial charge in [0.15, 0.2) is 0 Å². The Labute approximate surface area is 97.9 Å². The van der Waals surface area contributed by atoms with Crippen molar-refractivity contribution in [3.05, 3.63) is 12.7 Å². The van der Waals surface area contributed by atoms with E-state index in [0.29, 0.717) is 6.54 Å². The molecule has 0 fully saturated rings. The van der Waals surface area contributed by atoms with Crippen LogP contribution in [-0.4, -0.2) is 41.4 Å². The molecular weight excluding hydrogens is 206 g/mol. The van der Waals surface area contributed by atoms with E-state index in [2.05, 4.69) is 6.58 Å². The van der Waals surface area contributed by atoms with E-state index in [0.717, 1.165) is 0 Å². The summed E-state index contributed by atoms with van der Waals surface area (Å²) in [6, 6.07) is 0. The lowest BCUT2D eigenvalue weighted by molar-refractivity contribution is 0.0244. The van der Waals surface area contributed by atoms with Gasteiger partial charge in [0.1, 0.15) is 5.60 Å². The van der Waals surface area contributed by atoms with Gasteiger partial charge in [0, 0.05) is 19.5 Å². The number of carbonyl (C=O) groups excluding carboxylic acids is 1. The van der Waals surface area contributed by atoms with Crippen LogP contribution in [0.4, 0.5) is 4.79 Å². The van der Waals surface area contributed by atoms with E-state index in [-0.39, 0.29) is 12.0 Å². The summed E-state index contributed by atoms with van der Waals surface area (Å²) in [5, 5.41) is 9.43. The topological polar surface area (TPSA) is 49.8 Å². The summed E-state index contributed by atoms with van der Waals surface area (Å²) in [5.74, 6) is -0.141. The first kappa shape index (κ1) is 15.0. The van der Waals surface area contributed by atoms with Crippen molar-refractivity contribution in [2.75, 3.05) is 13.6 Å². The number of nitrogens with zero attached hydrogens (tertiary/aromatic N) is 1. The molecule has 0 saturated carbocycles. The number of rotatable bonds is 4. The smallest absolute Gasteiger partial charge is 0.410 e. The second kappa shape index (κ2) is 5.89. The number of amides is 1. The molecule has 1 amide bonds. The highest BCUT2D eigenvalue weighted by Crippen LogP contribution is 2.12. The SMILES string of the molecule is C=C[C@H](CN(C)C(=O)OC(C)(C)C)[C@H](C)O. The minimum absolute atomic E-state index is 0.141. The van der Waals surface area contributed by atoms with E-state index in [9.17, 15) is 9.90 Å². The quantitative estimate of drug-likeness (QED) is 0.750. The Balaban J connectivity index is 4.29. The van der Waals surface area contributed by atoms with Gasteiger partial charge in [-0.1, -0.05) is 6.08 Å². The highest BCUT2D eigenvalue weighted by Gasteiger charge is 2.22. The average molecular weight is 229 g/mol. The summed E-state index contributed by atoms with van der Waals surface area (Å²) in [4.78, 5) is 13.1. The fraction of sp³-hybridized carbons (Fsp3) is 0.750. The van der Waals surface area contributed by atoms with Crippen LogP contribution in [0.5, 0.6) is 0 Å². The van der Waals surface area contributed by atoms with Crippen molar-refractivity contribution in [3.63, 3.8) is 0 Å². The van der Waals surface area contributed by atoms with Gasteiger partial charge >= 0.3 is 6.09 Å². The number of aliphatic hydroxyl groups excluding tert-OH is 1. The van der Waals surface area contributed by atoms with Crippen LogP contribution in [0.3, 0.4) is 0 Å². The van der Waals surface area contributed by atoms with E-state index in [4.69, 9.17) is 4.74 Å². The predicted octanol–water partition coefficient (Wildman–Crippen LogP) is 2.04. The second-order valence-electron chi connectivity index (χ2n) is 5.00. The monoisotopic (exact) mass is 229 g/mol. The van der Waals surface area contributed by atoms with Crippen LogP contribution < -0.4 is 0 Å². The summed E-state index contributed by atoms with van der Waals surface area (Å²) in [6.07, 6.45) is 0.730. The fourth-order valence-corrected chi connectivity index (χ4v) is 1.15. The molecule has 94 valence electrons. The van der Waals surface area contributed by atoms with E-state index >= 15 is 0 Å². The largest absolute Gasteiger partial charge is 0.444 e. The van der Waals surface area contributed by atoms with Gasteiger partial charge < -0.3 is 14.7 Å². The lowest BCUT2D eigenvalue weighted by Gasteiger charge is -2.27. The molecule has 0 radical (unpaired) electrons. The van der Waals surface area contributed by atoms with Crippen molar-refractivity contribution < 1.29 is 14.6 Å². The molecule has 0 aromatic carbocycles. The Morgan fingerprint density at radius 2 is 2.06 bits per heavy atom. The highest BCUT2D eigenvalue weighted by atomic mass is 16.6. The van der Waals surface area contributed by atoms with Gasteiger partial charge in [0.05, 0.1) is 6.10 Å². The van der Waals surface area contributed by atoms with E-state index in [1.165, 1.54) is 4.90 Å². The number of hydrogen-bond donors (Lipinski definition) is 1. The molecule has 0 saturated heterocycles. The first-order chi connectivity index (χ1) is 7.17. The maximum atomic E-state index is 11.6. The van der Waals surface area contributed by atoms with Crippen molar-refractivity contribution in [1.82, 2.24) is 4.90 Å². The first-order valence-corrected chi connectivity index (χ1v) is 5.42. The molecule has 4 heteroatoms. The molecule has 4 nitrogen and oxygen atoms in total. The summed E-state index contributed by atoms with van der Waals surface area (Å²) in [7, 11) is 1.65. The van der Waals surface area contributed by atoms with Crippen LogP contribution in [0.25, 0.3) is 0 Å². The Bertz CT molecular complexity index is 243. The van der Waals surface area contributed by atoms with E-state index in [1.807, 2.05) is 20.8 Å². The Morgan fingerprint density at radius 1 is 1.56 bits per heavy atom. The fourth-order valence-electron chi connectivity index (χ4n) is 1.15. The van der Waals surface area contributed by atoms with Crippen LogP contribution >= 0.6 is 0 Å². The van der Waals surface area contributed by atoms with Crippen molar-refractivity contribution in [1.29, 1.82) is 0 Å².